The van der Waals surface area contributed by atoms with Crippen molar-refractivity contribution in [3.8, 4) is 0 Å². The van der Waals surface area contributed by atoms with Gasteiger partial charge in [0, 0.05) is 13.0 Å². The molecular weight excluding hydrogens is 234 g/mol. The summed E-state index contributed by atoms with van der Waals surface area (Å²) in [5, 5.41) is 3.38. The third kappa shape index (κ3) is 3.57. The van der Waals surface area contributed by atoms with Gasteiger partial charge in [0.15, 0.2) is 0 Å². The maximum Gasteiger partial charge on any atom is 0.109 e. The molecule has 3 heteroatoms. The van der Waals surface area contributed by atoms with Gasteiger partial charge in [0.2, 0.25) is 0 Å². The third-order valence-electron chi connectivity index (χ3n) is 3.44. The van der Waals surface area contributed by atoms with Crippen molar-refractivity contribution in [2.75, 3.05) is 13.1 Å². The minimum atomic E-state index is 1.06. The van der Waals surface area contributed by atoms with Gasteiger partial charge in [-0.05, 0) is 44.5 Å². The summed E-state index contributed by atoms with van der Waals surface area (Å²) < 4.78 is 2.41. The second kappa shape index (κ2) is 7.29. The number of hydrogen-bond acceptors (Lipinski definition) is 2. The molecule has 0 radical (unpaired) electrons. The Bertz CT molecular complexity index is 502. The molecular formula is C16H25N3. The van der Waals surface area contributed by atoms with E-state index in [1.54, 1.807) is 0 Å². The standard InChI is InChI=1S/C16H25N3/c1-3-9-16-18-14-10-5-6-11-15(14)19(16)13-8-7-12-17-4-2/h5-6,10-11,17H,3-4,7-9,12-13H2,1-2H3. The van der Waals surface area contributed by atoms with Crippen molar-refractivity contribution in [3.63, 3.8) is 0 Å². The molecule has 0 atom stereocenters. The first-order valence-corrected chi connectivity index (χ1v) is 7.51. The van der Waals surface area contributed by atoms with Crippen molar-refractivity contribution in [1.82, 2.24) is 14.9 Å². The number of imidazole rings is 1. The van der Waals surface area contributed by atoms with E-state index in [4.69, 9.17) is 4.98 Å². The van der Waals surface area contributed by atoms with Gasteiger partial charge < -0.3 is 9.88 Å². The zero-order valence-corrected chi connectivity index (χ0v) is 12.2. The topological polar surface area (TPSA) is 29.9 Å². The zero-order chi connectivity index (χ0) is 13.5. The molecule has 0 bridgehead atoms. The molecule has 0 amide bonds. The predicted molar refractivity (Wildman–Crippen MR) is 81.5 cm³/mol. The summed E-state index contributed by atoms with van der Waals surface area (Å²) in [6.07, 6.45) is 4.67. The maximum atomic E-state index is 4.76. The Morgan fingerprint density at radius 2 is 2.00 bits per heavy atom. The lowest BCUT2D eigenvalue weighted by Crippen LogP contribution is -2.14. The molecule has 104 valence electrons. The third-order valence-corrected chi connectivity index (χ3v) is 3.44. The fourth-order valence-electron chi connectivity index (χ4n) is 2.49. The van der Waals surface area contributed by atoms with Gasteiger partial charge in [-0.2, -0.15) is 0 Å². The fraction of sp³-hybridized carbons (Fsp3) is 0.562. The minimum Gasteiger partial charge on any atom is -0.328 e. The first-order valence-electron chi connectivity index (χ1n) is 7.51. The fourth-order valence-corrected chi connectivity index (χ4v) is 2.49. The molecule has 2 aromatic rings. The van der Waals surface area contributed by atoms with Crippen LogP contribution in [-0.4, -0.2) is 22.6 Å². The van der Waals surface area contributed by atoms with Crippen molar-refractivity contribution in [2.24, 2.45) is 0 Å². The van der Waals surface area contributed by atoms with Crippen LogP contribution in [0.5, 0.6) is 0 Å². The van der Waals surface area contributed by atoms with Gasteiger partial charge in [-0.15, -0.1) is 0 Å². The SMILES string of the molecule is CCCc1nc2ccccc2n1CCCCNCC. The molecule has 1 aromatic carbocycles. The van der Waals surface area contributed by atoms with Crippen molar-refractivity contribution in [2.45, 2.75) is 46.1 Å². The quantitative estimate of drug-likeness (QED) is 0.737. The average Bonchev–Trinajstić information content (AvgIpc) is 2.77. The summed E-state index contributed by atoms with van der Waals surface area (Å²) in [5.41, 5.74) is 2.42. The highest BCUT2D eigenvalue weighted by Crippen LogP contribution is 2.17. The van der Waals surface area contributed by atoms with Crippen LogP contribution in [0.15, 0.2) is 24.3 Å². The number of aryl methyl sites for hydroxylation is 2. The zero-order valence-electron chi connectivity index (χ0n) is 12.2. The van der Waals surface area contributed by atoms with E-state index in [0.29, 0.717) is 0 Å². The highest BCUT2D eigenvalue weighted by Gasteiger charge is 2.08. The molecule has 0 aliphatic rings. The number of nitrogens with zero attached hydrogens (tertiary/aromatic N) is 2. The molecule has 0 aliphatic heterocycles. The Morgan fingerprint density at radius 1 is 1.16 bits per heavy atom. The van der Waals surface area contributed by atoms with E-state index in [9.17, 15) is 0 Å². The van der Waals surface area contributed by atoms with E-state index in [0.717, 1.165) is 38.0 Å². The molecule has 1 N–H and O–H groups in total. The number of unbranched alkanes of at least 4 members (excludes halogenated alkanes) is 1. The van der Waals surface area contributed by atoms with E-state index in [1.807, 2.05) is 0 Å². The van der Waals surface area contributed by atoms with Crippen LogP contribution in [0, 0.1) is 0 Å². The Labute approximate surface area is 116 Å². The van der Waals surface area contributed by atoms with Gasteiger partial charge in [0.1, 0.15) is 5.82 Å². The second-order valence-corrected chi connectivity index (χ2v) is 4.98. The van der Waals surface area contributed by atoms with Crippen molar-refractivity contribution < 1.29 is 0 Å². The lowest BCUT2D eigenvalue weighted by atomic mass is 10.2. The van der Waals surface area contributed by atoms with Crippen LogP contribution < -0.4 is 5.32 Å². The van der Waals surface area contributed by atoms with Gasteiger partial charge in [0.25, 0.3) is 0 Å². The van der Waals surface area contributed by atoms with Crippen LogP contribution >= 0.6 is 0 Å². The van der Waals surface area contributed by atoms with E-state index in [1.165, 1.54) is 24.2 Å². The highest BCUT2D eigenvalue weighted by atomic mass is 15.1. The molecule has 0 fully saturated rings. The van der Waals surface area contributed by atoms with Crippen LogP contribution in [0.2, 0.25) is 0 Å². The predicted octanol–water partition coefficient (Wildman–Crippen LogP) is 3.38. The Morgan fingerprint density at radius 3 is 2.79 bits per heavy atom. The number of nitrogens with one attached hydrogen (secondary N) is 1. The van der Waals surface area contributed by atoms with Gasteiger partial charge in [-0.1, -0.05) is 26.0 Å². The molecule has 0 saturated heterocycles. The first kappa shape index (κ1) is 14.1. The Hall–Kier alpha value is -1.35. The molecule has 0 aliphatic carbocycles. The average molecular weight is 259 g/mol. The van der Waals surface area contributed by atoms with Gasteiger partial charge in [-0.3, -0.25) is 0 Å². The van der Waals surface area contributed by atoms with Crippen molar-refractivity contribution in [3.05, 3.63) is 30.1 Å². The lowest BCUT2D eigenvalue weighted by Gasteiger charge is -2.09. The summed E-state index contributed by atoms with van der Waals surface area (Å²) in [6, 6.07) is 8.48. The maximum absolute atomic E-state index is 4.76. The number of para-hydroxylation sites is 2. The molecule has 19 heavy (non-hydrogen) atoms. The molecule has 0 spiro atoms. The van der Waals surface area contributed by atoms with E-state index in [-0.39, 0.29) is 0 Å². The smallest absolute Gasteiger partial charge is 0.109 e. The van der Waals surface area contributed by atoms with E-state index >= 15 is 0 Å². The summed E-state index contributed by atoms with van der Waals surface area (Å²) in [4.78, 5) is 4.76. The molecule has 3 nitrogen and oxygen atoms in total. The van der Waals surface area contributed by atoms with Gasteiger partial charge >= 0.3 is 0 Å². The number of rotatable bonds is 8. The molecule has 1 heterocycles. The van der Waals surface area contributed by atoms with Gasteiger partial charge in [0.05, 0.1) is 11.0 Å². The molecule has 1 aromatic heterocycles. The monoisotopic (exact) mass is 259 g/mol. The van der Waals surface area contributed by atoms with Crippen LogP contribution in [0.1, 0.15) is 38.9 Å². The van der Waals surface area contributed by atoms with Crippen LogP contribution in [0.25, 0.3) is 11.0 Å². The first-order chi connectivity index (χ1) is 9.36. The Kier molecular flexibility index (Phi) is 5.40. The summed E-state index contributed by atoms with van der Waals surface area (Å²) >= 11 is 0. The molecule has 0 unspecified atom stereocenters. The number of benzene rings is 1. The molecule has 0 saturated carbocycles. The van der Waals surface area contributed by atoms with E-state index in [2.05, 4.69) is 48.0 Å². The number of hydrogen-bond donors (Lipinski definition) is 1. The summed E-state index contributed by atoms with van der Waals surface area (Å²) in [7, 11) is 0. The number of aromatic nitrogens is 2. The Balaban J connectivity index is 2.08. The summed E-state index contributed by atoms with van der Waals surface area (Å²) in [6.45, 7) is 7.64. The number of fused-ring (bicyclic) bond motifs is 1. The van der Waals surface area contributed by atoms with Gasteiger partial charge in [-0.25, -0.2) is 4.98 Å². The molecule has 2 rings (SSSR count). The lowest BCUT2D eigenvalue weighted by molar-refractivity contribution is 0.568. The van der Waals surface area contributed by atoms with Crippen LogP contribution in [0.4, 0.5) is 0 Å². The largest absolute Gasteiger partial charge is 0.328 e. The second-order valence-electron chi connectivity index (χ2n) is 4.98. The normalized spacial score (nSPS) is 11.3. The minimum absolute atomic E-state index is 1.06. The van der Waals surface area contributed by atoms with Crippen molar-refractivity contribution in [1.29, 1.82) is 0 Å². The van der Waals surface area contributed by atoms with Crippen molar-refractivity contribution >= 4 is 11.0 Å². The summed E-state index contributed by atoms with van der Waals surface area (Å²) in [5.74, 6) is 1.24. The van der Waals surface area contributed by atoms with Crippen LogP contribution in [-0.2, 0) is 13.0 Å². The van der Waals surface area contributed by atoms with E-state index < -0.39 is 0 Å². The highest BCUT2D eigenvalue weighted by molar-refractivity contribution is 5.75. The van der Waals surface area contributed by atoms with Crippen LogP contribution in [0.3, 0.4) is 0 Å².